The molecule has 0 aliphatic heterocycles. The van der Waals surface area contributed by atoms with Gasteiger partial charge in [-0.2, -0.15) is 0 Å². The van der Waals surface area contributed by atoms with Crippen molar-refractivity contribution in [2.24, 2.45) is 23.2 Å². The zero-order valence-electron chi connectivity index (χ0n) is 18.8. The molecule has 2 aromatic rings. The Bertz CT molecular complexity index is 909. The predicted octanol–water partition coefficient (Wildman–Crippen LogP) is 5.23. The third-order valence-corrected chi connectivity index (χ3v) is 8.44. The Morgan fingerprint density at radius 2 is 1.77 bits per heavy atom. The summed E-state index contributed by atoms with van der Waals surface area (Å²) < 4.78 is 6.75. The normalized spacial score (nSPS) is 28.7. The summed E-state index contributed by atoms with van der Waals surface area (Å²) in [5.41, 5.74) is 0.807. The lowest BCUT2D eigenvalue weighted by atomic mass is 9.49. The maximum absolute atomic E-state index is 14.1. The molecule has 4 bridgehead atoms. The molecule has 0 N–H and O–H groups in total. The van der Waals surface area contributed by atoms with E-state index in [1.165, 1.54) is 19.3 Å². The van der Waals surface area contributed by atoms with Gasteiger partial charge in [-0.05, 0) is 95.5 Å². The SMILES string of the molecule is CCOc1ccc2nc(N(CCN(C)C)C(=O)C34CC5CC(CC(C5)C3)C4)sc2c1.Cl. The Balaban J connectivity index is 0.00000231. The van der Waals surface area contributed by atoms with Crippen LogP contribution in [-0.2, 0) is 4.79 Å². The maximum Gasteiger partial charge on any atom is 0.235 e. The van der Waals surface area contributed by atoms with E-state index in [4.69, 9.17) is 9.72 Å². The molecule has 1 amide bonds. The van der Waals surface area contributed by atoms with Gasteiger partial charge in [0.05, 0.1) is 22.2 Å². The standard InChI is InChI=1S/C24H33N3O2S.ClH/c1-4-29-19-5-6-20-21(12-19)30-23(25-20)27(8-7-26(2)3)22(28)24-13-16-9-17(14-24)11-18(10-16)15-24;/h5-6,12,16-18H,4,7-11,13-15H2,1-3H3;1H. The molecule has 4 aliphatic carbocycles. The minimum absolute atomic E-state index is 0. The fourth-order valence-electron chi connectivity index (χ4n) is 6.51. The predicted molar refractivity (Wildman–Crippen MR) is 130 cm³/mol. The first-order chi connectivity index (χ1) is 14.5. The lowest BCUT2D eigenvalue weighted by Gasteiger charge is -2.56. The first kappa shape index (κ1) is 22.8. The average molecular weight is 464 g/mol. The molecule has 5 nitrogen and oxygen atoms in total. The van der Waals surface area contributed by atoms with E-state index in [0.717, 1.165) is 64.7 Å². The molecule has 170 valence electrons. The van der Waals surface area contributed by atoms with E-state index >= 15 is 0 Å². The van der Waals surface area contributed by atoms with E-state index in [2.05, 4.69) is 25.1 Å². The second-order valence-electron chi connectivity index (χ2n) is 10.0. The quantitative estimate of drug-likeness (QED) is 0.564. The van der Waals surface area contributed by atoms with Gasteiger partial charge < -0.3 is 9.64 Å². The molecule has 7 heteroatoms. The summed E-state index contributed by atoms with van der Waals surface area (Å²) in [6, 6.07) is 6.04. The van der Waals surface area contributed by atoms with Crippen LogP contribution in [0.15, 0.2) is 18.2 Å². The number of ether oxygens (including phenoxy) is 1. The number of anilines is 1. The van der Waals surface area contributed by atoms with Crippen molar-refractivity contribution in [2.45, 2.75) is 45.4 Å². The van der Waals surface area contributed by atoms with Gasteiger partial charge in [-0.1, -0.05) is 11.3 Å². The Morgan fingerprint density at radius 3 is 2.35 bits per heavy atom. The third kappa shape index (κ3) is 4.31. The number of halogens is 1. The molecule has 0 radical (unpaired) electrons. The number of likely N-dealkylation sites (N-methyl/N-ethyl adjacent to an activating group) is 1. The van der Waals surface area contributed by atoms with Gasteiger partial charge in [0.1, 0.15) is 5.75 Å². The van der Waals surface area contributed by atoms with Crippen LogP contribution in [-0.4, -0.2) is 49.6 Å². The number of hydrogen-bond acceptors (Lipinski definition) is 5. The highest BCUT2D eigenvalue weighted by Gasteiger charge is 2.56. The summed E-state index contributed by atoms with van der Waals surface area (Å²) in [6.07, 6.45) is 7.34. The molecular weight excluding hydrogens is 430 g/mol. The van der Waals surface area contributed by atoms with Crippen LogP contribution in [0.4, 0.5) is 5.13 Å². The van der Waals surface area contributed by atoms with E-state index < -0.39 is 0 Å². The minimum atomic E-state index is -0.143. The van der Waals surface area contributed by atoms with Crippen molar-refractivity contribution < 1.29 is 9.53 Å². The first-order valence-electron chi connectivity index (χ1n) is 11.5. The Kier molecular flexibility index (Phi) is 6.53. The highest BCUT2D eigenvalue weighted by Crippen LogP contribution is 2.60. The summed E-state index contributed by atoms with van der Waals surface area (Å²) in [7, 11) is 4.14. The monoisotopic (exact) mass is 463 g/mol. The zero-order valence-corrected chi connectivity index (χ0v) is 20.4. The van der Waals surface area contributed by atoms with Crippen LogP contribution in [0.25, 0.3) is 10.2 Å². The number of nitrogens with zero attached hydrogens (tertiary/aromatic N) is 3. The number of carbonyl (C=O) groups is 1. The summed E-state index contributed by atoms with van der Waals surface area (Å²) >= 11 is 1.62. The van der Waals surface area contributed by atoms with E-state index in [1.54, 1.807) is 11.3 Å². The van der Waals surface area contributed by atoms with Gasteiger partial charge in [0.2, 0.25) is 5.91 Å². The number of carbonyl (C=O) groups excluding carboxylic acids is 1. The van der Waals surface area contributed by atoms with Crippen molar-refractivity contribution in [3.63, 3.8) is 0 Å². The van der Waals surface area contributed by atoms with Crippen LogP contribution < -0.4 is 9.64 Å². The number of thiazole rings is 1. The topological polar surface area (TPSA) is 45.7 Å². The number of rotatable bonds is 7. The molecule has 31 heavy (non-hydrogen) atoms. The van der Waals surface area contributed by atoms with Gasteiger partial charge in [0.25, 0.3) is 0 Å². The highest BCUT2D eigenvalue weighted by molar-refractivity contribution is 7.22. The van der Waals surface area contributed by atoms with Crippen molar-refractivity contribution in [1.82, 2.24) is 9.88 Å². The zero-order chi connectivity index (χ0) is 20.9. The Morgan fingerprint density at radius 1 is 1.13 bits per heavy atom. The maximum atomic E-state index is 14.1. The van der Waals surface area contributed by atoms with Crippen LogP contribution in [0.5, 0.6) is 5.75 Å². The van der Waals surface area contributed by atoms with Gasteiger partial charge in [-0.25, -0.2) is 4.98 Å². The minimum Gasteiger partial charge on any atom is -0.494 e. The van der Waals surface area contributed by atoms with Crippen LogP contribution in [0, 0.1) is 23.2 Å². The molecule has 0 atom stereocenters. The van der Waals surface area contributed by atoms with Crippen molar-refractivity contribution in [1.29, 1.82) is 0 Å². The van der Waals surface area contributed by atoms with Crippen molar-refractivity contribution in [2.75, 3.05) is 38.7 Å². The average Bonchev–Trinajstić information content (AvgIpc) is 3.10. The molecule has 4 fully saturated rings. The fraction of sp³-hybridized carbons (Fsp3) is 0.667. The Hall–Kier alpha value is -1.37. The molecule has 4 aliphatic rings. The molecule has 1 heterocycles. The van der Waals surface area contributed by atoms with E-state index in [-0.39, 0.29) is 17.8 Å². The Labute approximate surface area is 195 Å². The molecule has 6 rings (SSSR count). The largest absolute Gasteiger partial charge is 0.494 e. The number of aromatic nitrogens is 1. The van der Waals surface area contributed by atoms with Crippen LogP contribution >= 0.6 is 23.7 Å². The number of hydrogen-bond donors (Lipinski definition) is 0. The third-order valence-electron chi connectivity index (χ3n) is 7.40. The molecule has 4 saturated carbocycles. The number of fused-ring (bicyclic) bond motifs is 1. The van der Waals surface area contributed by atoms with Gasteiger partial charge >= 0.3 is 0 Å². The van der Waals surface area contributed by atoms with E-state index in [1.807, 2.05) is 24.0 Å². The molecule has 0 unspecified atom stereocenters. The van der Waals surface area contributed by atoms with Gasteiger partial charge in [0, 0.05) is 13.1 Å². The molecule has 0 spiro atoms. The van der Waals surface area contributed by atoms with Crippen molar-refractivity contribution in [3.8, 4) is 5.75 Å². The fourth-order valence-corrected chi connectivity index (χ4v) is 7.53. The second kappa shape index (κ2) is 8.87. The summed E-state index contributed by atoms with van der Waals surface area (Å²) in [6.45, 7) is 4.19. The summed E-state index contributed by atoms with van der Waals surface area (Å²) in [5, 5.41) is 0.848. The van der Waals surface area contributed by atoms with Gasteiger partial charge in [-0.3, -0.25) is 9.69 Å². The second-order valence-corrected chi connectivity index (χ2v) is 11.0. The number of benzene rings is 1. The molecule has 1 aromatic heterocycles. The summed E-state index contributed by atoms with van der Waals surface area (Å²) in [5.74, 6) is 3.50. The van der Waals surface area contributed by atoms with Gasteiger partial charge in [-0.15, -0.1) is 12.4 Å². The lowest BCUT2D eigenvalue weighted by Crippen LogP contribution is -2.55. The summed E-state index contributed by atoms with van der Waals surface area (Å²) in [4.78, 5) is 23.2. The van der Waals surface area contributed by atoms with Crippen molar-refractivity contribution >= 4 is 45.0 Å². The van der Waals surface area contributed by atoms with Gasteiger partial charge in [0.15, 0.2) is 5.13 Å². The van der Waals surface area contributed by atoms with Crippen LogP contribution in [0.2, 0.25) is 0 Å². The van der Waals surface area contributed by atoms with E-state index in [9.17, 15) is 4.79 Å². The molecule has 0 saturated heterocycles. The highest BCUT2D eigenvalue weighted by atomic mass is 35.5. The van der Waals surface area contributed by atoms with Crippen LogP contribution in [0.1, 0.15) is 45.4 Å². The van der Waals surface area contributed by atoms with Crippen molar-refractivity contribution in [3.05, 3.63) is 18.2 Å². The lowest BCUT2D eigenvalue weighted by molar-refractivity contribution is -0.143. The van der Waals surface area contributed by atoms with E-state index in [0.29, 0.717) is 19.1 Å². The molecule has 1 aromatic carbocycles. The van der Waals surface area contributed by atoms with Crippen LogP contribution in [0.3, 0.4) is 0 Å². The number of amides is 1. The molecular formula is C24H34ClN3O2S. The first-order valence-corrected chi connectivity index (χ1v) is 12.3. The smallest absolute Gasteiger partial charge is 0.235 e.